The molecule has 0 unspecified atom stereocenters. The number of carbonyl (C=O) groups is 1. The van der Waals surface area contributed by atoms with Gasteiger partial charge in [-0.05, 0) is 63.4 Å². The summed E-state index contributed by atoms with van der Waals surface area (Å²) in [5.41, 5.74) is 7.31. The maximum Gasteiger partial charge on any atom is 0.335 e. The van der Waals surface area contributed by atoms with Crippen molar-refractivity contribution in [3.05, 3.63) is 65.2 Å². The van der Waals surface area contributed by atoms with Crippen molar-refractivity contribution in [2.45, 2.75) is 50.7 Å². The van der Waals surface area contributed by atoms with Gasteiger partial charge in [-0.25, -0.2) is 27.3 Å². The van der Waals surface area contributed by atoms with Gasteiger partial charge in [0.05, 0.1) is 16.2 Å². The Morgan fingerprint density at radius 3 is 2.35 bits per heavy atom. The fourth-order valence-electron chi connectivity index (χ4n) is 3.74. The molecule has 0 amide bonds. The number of halogens is 2. The van der Waals surface area contributed by atoms with Gasteiger partial charge < -0.3 is 15.6 Å². The number of alkyl halides is 1. The Morgan fingerprint density at radius 1 is 1.14 bits per heavy atom. The molecule has 0 spiro atoms. The van der Waals surface area contributed by atoms with Gasteiger partial charge in [0.1, 0.15) is 12.3 Å². The van der Waals surface area contributed by atoms with Crippen LogP contribution in [0.25, 0.3) is 11.3 Å². The second-order valence-corrected chi connectivity index (χ2v) is 10.8. The smallest absolute Gasteiger partial charge is 0.335 e. The SMILES string of the molecule is Cc1cccc(C)c1-c1cc(OC[C@H](N)CC(C)(C)F)nc(NS(=O)(=O)c2cccc(C(=O)O)c2)n1.Cl. The Hall–Kier alpha value is -3.28. The Labute approximate surface area is 221 Å². The number of hydrogen-bond donors (Lipinski definition) is 3. The van der Waals surface area contributed by atoms with Crippen LogP contribution in [-0.2, 0) is 10.0 Å². The summed E-state index contributed by atoms with van der Waals surface area (Å²) < 4.78 is 48.0. The van der Waals surface area contributed by atoms with E-state index in [9.17, 15) is 22.7 Å². The molecule has 0 radical (unpaired) electrons. The molecule has 1 aromatic heterocycles. The summed E-state index contributed by atoms with van der Waals surface area (Å²) in [6.07, 6.45) is 0.0568. The van der Waals surface area contributed by atoms with Crippen LogP contribution in [0, 0.1) is 13.8 Å². The number of sulfonamides is 1. The van der Waals surface area contributed by atoms with Crippen molar-refractivity contribution in [3.63, 3.8) is 0 Å². The Balaban J connectivity index is 0.00000481. The van der Waals surface area contributed by atoms with Gasteiger partial charge in [0.25, 0.3) is 10.0 Å². The number of carboxylic acid groups (broad SMARTS) is 1. The first kappa shape index (κ1) is 29.9. The van der Waals surface area contributed by atoms with Crippen LogP contribution >= 0.6 is 12.4 Å². The number of benzene rings is 2. The Kier molecular flexibility index (Phi) is 9.59. The molecule has 0 fully saturated rings. The van der Waals surface area contributed by atoms with Crippen LogP contribution in [0.1, 0.15) is 41.8 Å². The van der Waals surface area contributed by atoms with Crippen molar-refractivity contribution in [2.24, 2.45) is 5.73 Å². The molecule has 4 N–H and O–H groups in total. The highest BCUT2D eigenvalue weighted by atomic mass is 35.5. The molecule has 3 aromatic rings. The van der Waals surface area contributed by atoms with E-state index in [-0.39, 0.29) is 47.7 Å². The maximum atomic E-state index is 14.0. The standard InChI is InChI=1S/C25H29FN4O5S.ClH/c1-15-7-5-8-16(2)22(15)20-12-21(35-14-18(27)13-25(3,4)26)29-24(28-20)30-36(33,34)19-10-6-9-17(11-19)23(31)32;/h5-12,18H,13-14,27H2,1-4H3,(H,31,32)(H,28,29,30);1H/t18-;/m1./s1. The summed E-state index contributed by atoms with van der Waals surface area (Å²) in [4.78, 5) is 19.6. The number of aryl methyl sites for hydroxylation is 2. The highest BCUT2D eigenvalue weighted by molar-refractivity contribution is 7.92. The molecule has 0 aliphatic heterocycles. The molecule has 0 saturated heterocycles. The largest absolute Gasteiger partial charge is 0.478 e. The van der Waals surface area contributed by atoms with Crippen molar-refractivity contribution in [1.82, 2.24) is 9.97 Å². The first-order valence-electron chi connectivity index (χ1n) is 11.1. The molecular formula is C25H30ClFN4O5S. The number of aromatic nitrogens is 2. The molecular weight excluding hydrogens is 523 g/mol. The Morgan fingerprint density at radius 2 is 1.76 bits per heavy atom. The molecule has 0 saturated carbocycles. The van der Waals surface area contributed by atoms with E-state index in [0.29, 0.717) is 5.69 Å². The fourth-order valence-corrected chi connectivity index (χ4v) is 4.73. The van der Waals surface area contributed by atoms with Gasteiger partial charge in [0.15, 0.2) is 0 Å². The van der Waals surface area contributed by atoms with Gasteiger partial charge in [-0.3, -0.25) is 0 Å². The highest BCUT2D eigenvalue weighted by Crippen LogP contribution is 2.29. The average molecular weight is 553 g/mol. The van der Waals surface area contributed by atoms with Crippen molar-refractivity contribution in [2.75, 3.05) is 11.3 Å². The van der Waals surface area contributed by atoms with E-state index >= 15 is 0 Å². The monoisotopic (exact) mass is 552 g/mol. The van der Waals surface area contributed by atoms with Crippen molar-refractivity contribution >= 4 is 34.3 Å². The summed E-state index contributed by atoms with van der Waals surface area (Å²) in [5.74, 6) is -1.49. The van der Waals surface area contributed by atoms with Gasteiger partial charge in [-0.1, -0.05) is 24.3 Å². The summed E-state index contributed by atoms with van der Waals surface area (Å²) in [6.45, 7) is 6.58. The number of nitrogens with two attached hydrogens (primary N) is 1. The van der Waals surface area contributed by atoms with Crippen LogP contribution in [0.2, 0.25) is 0 Å². The molecule has 9 nitrogen and oxygen atoms in total. The minimum absolute atomic E-state index is 0. The van der Waals surface area contributed by atoms with Gasteiger partial charge >= 0.3 is 5.97 Å². The van der Waals surface area contributed by atoms with E-state index in [1.54, 1.807) is 6.07 Å². The van der Waals surface area contributed by atoms with E-state index in [0.717, 1.165) is 22.8 Å². The van der Waals surface area contributed by atoms with Gasteiger partial charge in [-0.2, -0.15) is 4.98 Å². The van der Waals surface area contributed by atoms with Crippen molar-refractivity contribution in [3.8, 4) is 17.1 Å². The van der Waals surface area contributed by atoms with E-state index in [1.807, 2.05) is 32.0 Å². The highest BCUT2D eigenvalue weighted by Gasteiger charge is 2.22. The van der Waals surface area contributed by atoms with E-state index in [4.69, 9.17) is 10.5 Å². The number of carboxylic acids is 1. The normalized spacial score (nSPS) is 12.4. The number of ether oxygens (including phenoxy) is 1. The van der Waals surface area contributed by atoms with Crippen molar-refractivity contribution in [1.29, 1.82) is 0 Å². The molecule has 1 atom stereocenters. The lowest BCUT2D eigenvalue weighted by atomic mass is 10.00. The van der Waals surface area contributed by atoms with Gasteiger partial charge in [0, 0.05) is 17.7 Å². The predicted octanol–water partition coefficient (Wildman–Crippen LogP) is 4.53. The minimum Gasteiger partial charge on any atom is -0.478 e. The van der Waals surface area contributed by atoms with Gasteiger partial charge in [0.2, 0.25) is 11.8 Å². The van der Waals surface area contributed by atoms with Crippen LogP contribution in [0.5, 0.6) is 5.88 Å². The summed E-state index contributed by atoms with van der Waals surface area (Å²) >= 11 is 0. The number of anilines is 1. The fraction of sp³-hybridized carbons (Fsp3) is 0.320. The lowest BCUT2D eigenvalue weighted by molar-refractivity contribution is 0.0696. The maximum absolute atomic E-state index is 14.0. The zero-order valence-electron chi connectivity index (χ0n) is 20.9. The number of rotatable bonds is 10. The van der Waals surface area contributed by atoms with E-state index < -0.39 is 27.7 Å². The zero-order valence-corrected chi connectivity index (χ0v) is 22.5. The third kappa shape index (κ3) is 8.11. The van der Waals surface area contributed by atoms with Crippen LogP contribution < -0.4 is 15.2 Å². The molecule has 2 aromatic carbocycles. The molecule has 0 aliphatic rings. The molecule has 1 heterocycles. The average Bonchev–Trinajstić information content (AvgIpc) is 2.76. The second-order valence-electron chi connectivity index (χ2n) is 9.11. The number of nitrogens with zero attached hydrogens (tertiary/aromatic N) is 2. The summed E-state index contributed by atoms with van der Waals surface area (Å²) in [5, 5.41) is 9.20. The molecule has 12 heteroatoms. The first-order chi connectivity index (χ1) is 16.7. The van der Waals surface area contributed by atoms with Crippen molar-refractivity contribution < 1.29 is 27.4 Å². The Bertz CT molecular complexity index is 1360. The topological polar surface area (TPSA) is 144 Å². The molecule has 37 heavy (non-hydrogen) atoms. The number of hydrogen-bond acceptors (Lipinski definition) is 7. The summed E-state index contributed by atoms with van der Waals surface area (Å²) in [7, 11) is -4.23. The number of nitrogens with one attached hydrogen (secondary N) is 1. The van der Waals surface area contributed by atoms with E-state index in [1.165, 1.54) is 32.0 Å². The predicted molar refractivity (Wildman–Crippen MR) is 142 cm³/mol. The second kappa shape index (κ2) is 11.8. The third-order valence-electron chi connectivity index (χ3n) is 5.25. The molecule has 3 rings (SSSR count). The van der Waals surface area contributed by atoms with Crippen LogP contribution in [0.3, 0.4) is 0 Å². The lowest BCUT2D eigenvalue weighted by Crippen LogP contribution is -2.34. The zero-order chi connectivity index (χ0) is 26.7. The van der Waals surface area contributed by atoms with Crippen LogP contribution in [0.4, 0.5) is 10.3 Å². The van der Waals surface area contributed by atoms with Crippen LogP contribution in [0.15, 0.2) is 53.4 Å². The minimum atomic E-state index is -4.23. The molecule has 200 valence electrons. The molecule has 0 aliphatic carbocycles. The first-order valence-corrected chi connectivity index (χ1v) is 12.6. The summed E-state index contributed by atoms with van der Waals surface area (Å²) in [6, 6.07) is 11.5. The lowest BCUT2D eigenvalue weighted by Gasteiger charge is -2.20. The van der Waals surface area contributed by atoms with E-state index in [2.05, 4.69) is 14.7 Å². The molecule has 0 bridgehead atoms. The quantitative estimate of drug-likeness (QED) is 0.333. The number of aromatic carboxylic acids is 1. The van der Waals surface area contributed by atoms with Crippen LogP contribution in [-0.4, -0.2) is 47.8 Å². The third-order valence-corrected chi connectivity index (χ3v) is 6.58. The van der Waals surface area contributed by atoms with Gasteiger partial charge in [-0.15, -0.1) is 12.4 Å².